The van der Waals surface area contributed by atoms with Gasteiger partial charge in [-0.1, -0.05) is 12.1 Å². The van der Waals surface area contributed by atoms with Gasteiger partial charge in [0.1, 0.15) is 9.84 Å². The van der Waals surface area contributed by atoms with Crippen LogP contribution in [0.15, 0.2) is 33.6 Å². The summed E-state index contributed by atoms with van der Waals surface area (Å²) in [5.41, 5.74) is 0. The van der Waals surface area contributed by atoms with Crippen molar-refractivity contribution in [2.45, 2.75) is 17.4 Å². The van der Waals surface area contributed by atoms with Crippen molar-refractivity contribution in [1.82, 2.24) is 5.32 Å². The van der Waals surface area contributed by atoms with Crippen LogP contribution in [0.1, 0.15) is 6.42 Å². The van der Waals surface area contributed by atoms with Crippen LogP contribution < -0.4 is 5.32 Å². The summed E-state index contributed by atoms with van der Waals surface area (Å²) in [5, 5.41) is 3.16. The number of rotatable bonds is 7. The Balaban J connectivity index is 2.47. The van der Waals surface area contributed by atoms with Gasteiger partial charge in [-0.25, -0.2) is 8.42 Å². The van der Waals surface area contributed by atoms with Crippen LogP contribution in [0.2, 0.25) is 0 Å². The van der Waals surface area contributed by atoms with Crippen molar-refractivity contribution in [3.63, 3.8) is 0 Å². The van der Waals surface area contributed by atoms with Crippen molar-refractivity contribution in [3.05, 3.63) is 28.7 Å². The zero-order valence-corrected chi connectivity index (χ0v) is 13.7. The zero-order chi connectivity index (χ0) is 13.6. The summed E-state index contributed by atoms with van der Waals surface area (Å²) in [6, 6.07) is 8.24. The van der Waals surface area contributed by atoms with E-state index < -0.39 is 9.84 Å². The predicted molar refractivity (Wildman–Crippen MR) is 82.0 cm³/mol. The Morgan fingerprint density at radius 3 is 2.61 bits per heavy atom. The zero-order valence-electron chi connectivity index (χ0n) is 10.5. The molecular weight excluding hydrogens is 334 g/mol. The van der Waals surface area contributed by atoms with Gasteiger partial charge in [-0.3, -0.25) is 0 Å². The molecular formula is C12H18BrNO2S2. The first-order chi connectivity index (χ1) is 8.42. The summed E-state index contributed by atoms with van der Waals surface area (Å²) < 4.78 is 23.4. The molecule has 0 fully saturated rings. The van der Waals surface area contributed by atoms with Gasteiger partial charge in [0.25, 0.3) is 0 Å². The second kappa shape index (κ2) is 7.53. The van der Waals surface area contributed by atoms with Crippen LogP contribution in [0.25, 0.3) is 0 Å². The van der Waals surface area contributed by atoms with Gasteiger partial charge in [-0.05, 0) is 41.5 Å². The molecule has 0 saturated carbocycles. The molecule has 0 spiro atoms. The van der Waals surface area contributed by atoms with Gasteiger partial charge in [-0.15, -0.1) is 11.8 Å². The predicted octanol–water partition coefficient (Wildman–Crippen LogP) is 2.56. The smallest absolute Gasteiger partial charge is 0.147 e. The van der Waals surface area contributed by atoms with Gasteiger partial charge in [-0.2, -0.15) is 0 Å². The van der Waals surface area contributed by atoms with Crippen LogP contribution in [0, 0.1) is 0 Å². The molecule has 0 amide bonds. The van der Waals surface area contributed by atoms with Gasteiger partial charge in [0.15, 0.2) is 0 Å². The molecule has 18 heavy (non-hydrogen) atoms. The number of thioether (sulfide) groups is 1. The van der Waals surface area contributed by atoms with E-state index in [4.69, 9.17) is 0 Å². The minimum absolute atomic E-state index is 0.205. The molecule has 0 aliphatic carbocycles. The molecule has 1 unspecified atom stereocenters. The lowest BCUT2D eigenvalue weighted by atomic mass is 10.3. The van der Waals surface area contributed by atoms with Crippen molar-refractivity contribution < 1.29 is 8.42 Å². The monoisotopic (exact) mass is 351 g/mol. The molecule has 1 aromatic rings. The minimum atomic E-state index is -2.88. The molecule has 0 aromatic heterocycles. The number of halogens is 1. The quantitative estimate of drug-likeness (QED) is 0.766. The highest BCUT2D eigenvalue weighted by Gasteiger charge is 2.11. The average Bonchev–Trinajstić information content (AvgIpc) is 2.30. The highest BCUT2D eigenvalue weighted by molar-refractivity contribution is 9.10. The normalized spacial score (nSPS) is 13.5. The fourth-order valence-electron chi connectivity index (χ4n) is 1.42. The molecule has 1 N–H and O–H groups in total. The molecule has 1 rings (SSSR count). The van der Waals surface area contributed by atoms with Crippen LogP contribution in [0.4, 0.5) is 0 Å². The number of hydrogen-bond donors (Lipinski definition) is 1. The molecule has 3 nitrogen and oxygen atoms in total. The van der Waals surface area contributed by atoms with Crippen molar-refractivity contribution in [2.24, 2.45) is 0 Å². The molecule has 0 heterocycles. The average molecular weight is 352 g/mol. The van der Waals surface area contributed by atoms with E-state index in [1.807, 2.05) is 25.2 Å². The summed E-state index contributed by atoms with van der Waals surface area (Å²) in [5.74, 6) is 1.09. The standard InChI is InChI=1S/C12H18BrNO2S2/c1-14-10(7-8-18(2,15)16)9-17-12-6-4-3-5-11(12)13/h3-6,10,14H,7-9H2,1-2H3. The molecule has 1 aromatic carbocycles. The van der Waals surface area contributed by atoms with E-state index >= 15 is 0 Å². The molecule has 0 aliphatic rings. The third-order valence-corrected chi connectivity index (χ3v) is 5.69. The van der Waals surface area contributed by atoms with E-state index in [1.54, 1.807) is 11.8 Å². The topological polar surface area (TPSA) is 46.2 Å². The van der Waals surface area contributed by atoms with Crippen LogP contribution in [0.5, 0.6) is 0 Å². The second-order valence-electron chi connectivity index (χ2n) is 4.15. The van der Waals surface area contributed by atoms with Gasteiger partial charge >= 0.3 is 0 Å². The van der Waals surface area contributed by atoms with Crippen LogP contribution in [-0.4, -0.2) is 39.3 Å². The maximum Gasteiger partial charge on any atom is 0.147 e. The molecule has 0 aliphatic heterocycles. The van der Waals surface area contributed by atoms with Crippen molar-refractivity contribution in [3.8, 4) is 0 Å². The summed E-state index contributed by atoms with van der Waals surface area (Å²) >= 11 is 5.23. The molecule has 0 saturated heterocycles. The van der Waals surface area contributed by atoms with E-state index in [2.05, 4.69) is 27.3 Å². The number of hydrogen-bond acceptors (Lipinski definition) is 4. The minimum Gasteiger partial charge on any atom is -0.316 e. The lowest BCUT2D eigenvalue weighted by molar-refractivity contribution is 0.573. The van der Waals surface area contributed by atoms with E-state index in [0.29, 0.717) is 6.42 Å². The van der Waals surface area contributed by atoms with Crippen molar-refractivity contribution in [2.75, 3.05) is 24.8 Å². The van der Waals surface area contributed by atoms with Gasteiger partial charge in [0.05, 0.1) is 5.75 Å². The van der Waals surface area contributed by atoms with Gasteiger partial charge < -0.3 is 5.32 Å². The third kappa shape index (κ3) is 6.22. The maximum atomic E-state index is 11.1. The van der Waals surface area contributed by atoms with Crippen LogP contribution in [0.3, 0.4) is 0 Å². The lowest BCUT2D eigenvalue weighted by Crippen LogP contribution is -2.30. The largest absolute Gasteiger partial charge is 0.316 e. The Hall–Kier alpha value is -0.0400. The van der Waals surface area contributed by atoms with Gasteiger partial charge in [0, 0.05) is 27.4 Å². The fraction of sp³-hybridized carbons (Fsp3) is 0.500. The summed E-state index contributed by atoms with van der Waals surface area (Å²) in [4.78, 5) is 1.18. The van der Waals surface area contributed by atoms with Crippen molar-refractivity contribution >= 4 is 37.5 Å². The molecule has 102 valence electrons. The Labute approximate surface area is 122 Å². The Morgan fingerprint density at radius 1 is 1.39 bits per heavy atom. The van der Waals surface area contributed by atoms with E-state index in [0.717, 1.165) is 10.2 Å². The number of sulfone groups is 1. The highest BCUT2D eigenvalue weighted by Crippen LogP contribution is 2.27. The SMILES string of the molecule is CNC(CCS(C)(=O)=O)CSc1ccccc1Br. The third-order valence-electron chi connectivity index (χ3n) is 2.52. The molecule has 1 atom stereocenters. The molecule has 6 heteroatoms. The first-order valence-electron chi connectivity index (χ1n) is 5.64. The number of benzene rings is 1. The van der Waals surface area contributed by atoms with E-state index in [1.165, 1.54) is 11.2 Å². The molecule has 0 radical (unpaired) electrons. The maximum absolute atomic E-state index is 11.1. The van der Waals surface area contributed by atoms with Crippen LogP contribution >= 0.6 is 27.7 Å². The fourth-order valence-corrected chi connectivity index (χ4v) is 3.86. The van der Waals surface area contributed by atoms with E-state index in [9.17, 15) is 8.42 Å². The highest BCUT2D eigenvalue weighted by atomic mass is 79.9. The van der Waals surface area contributed by atoms with E-state index in [-0.39, 0.29) is 11.8 Å². The lowest BCUT2D eigenvalue weighted by Gasteiger charge is -2.15. The Kier molecular flexibility index (Phi) is 6.70. The second-order valence-corrected chi connectivity index (χ2v) is 8.32. The van der Waals surface area contributed by atoms with Gasteiger partial charge in [0.2, 0.25) is 0 Å². The number of nitrogens with one attached hydrogen (secondary N) is 1. The molecule has 0 bridgehead atoms. The summed E-state index contributed by atoms with van der Waals surface area (Å²) in [6.07, 6.45) is 1.92. The Morgan fingerprint density at radius 2 is 2.06 bits per heavy atom. The van der Waals surface area contributed by atoms with Crippen LogP contribution in [-0.2, 0) is 9.84 Å². The summed E-state index contributed by atoms with van der Waals surface area (Å²) in [7, 11) is -1.01. The Bertz CT molecular complexity index is 477. The first kappa shape index (κ1) is 16.0. The first-order valence-corrected chi connectivity index (χ1v) is 9.48. The van der Waals surface area contributed by atoms with Crippen molar-refractivity contribution in [1.29, 1.82) is 0 Å². The summed E-state index contributed by atoms with van der Waals surface area (Å²) in [6.45, 7) is 0.